The van der Waals surface area contributed by atoms with Gasteiger partial charge in [-0.05, 0) is 24.7 Å². The summed E-state index contributed by atoms with van der Waals surface area (Å²) in [4.78, 5) is 0. The van der Waals surface area contributed by atoms with Gasteiger partial charge in [-0.25, -0.2) is 8.42 Å². The first-order valence-electron chi connectivity index (χ1n) is 5.55. The number of sulfone groups is 1. The van der Waals surface area contributed by atoms with Crippen LogP contribution in [0.5, 0.6) is 0 Å². The lowest BCUT2D eigenvalue weighted by Crippen LogP contribution is -2.19. The van der Waals surface area contributed by atoms with Crippen molar-refractivity contribution < 1.29 is 13.5 Å². The van der Waals surface area contributed by atoms with Gasteiger partial charge in [0.25, 0.3) is 0 Å². The molecule has 0 aliphatic heterocycles. The van der Waals surface area contributed by atoms with Crippen LogP contribution in [0.3, 0.4) is 0 Å². The van der Waals surface area contributed by atoms with Crippen LogP contribution in [0.15, 0.2) is 0 Å². The predicted molar refractivity (Wildman–Crippen MR) is 63.6 cm³/mol. The molecule has 0 aromatic heterocycles. The van der Waals surface area contributed by atoms with Crippen LogP contribution >= 0.6 is 0 Å². The van der Waals surface area contributed by atoms with E-state index in [1.807, 2.05) is 0 Å². The van der Waals surface area contributed by atoms with E-state index in [4.69, 9.17) is 0 Å². The molecule has 0 fully saturated rings. The average molecular weight is 236 g/mol. The fraction of sp³-hybridized carbons (Fsp3) is 1.00. The lowest BCUT2D eigenvalue weighted by Gasteiger charge is -2.22. The number of aliphatic hydroxyl groups is 1. The summed E-state index contributed by atoms with van der Waals surface area (Å²) in [6.45, 7) is 7.86. The van der Waals surface area contributed by atoms with Gasteiger partial charge in [0.15, 0.2) is 0 Å². The van der Waals surface area contributed by atoms with E-state index in [9.17, 15) is 13.5 Å². The van der Waals surface area contributed by atoms with Gasteiger partial charge >= 0.3 is 0 Å². The summed E-state index contributed by atoms with van der Waals surface area (Å²) in [5, 5.41) is 9.66. The maximum absolute atomic E-state index is 11.2. The number of aliphatic hydroxyl groups excluding tert-OH is 1. The summed E-state index contributed by atoms with van der Waals surface area (Å²) >= 11 is 0. The topological polar surface area (TPSA) is 54.4 Å². The van der Waals surface area contributed by atoms with Crippen molar-refractivity contribution in [2.75, 3.05) is 11.5 Å². The Morgan fingerprint density at radius 1 is 1.27 bits per heavy atom. The third-order valence-electron chi connectivity index (χ3n) is 2.28. The third kappa shape index (κ3) is 8.88. The highest BCUT2D eigenvalue weighted by molar-refractivity contribution is 7.91. The average Bonchev–Trinajstić information content (AvgIpc) is 2.00. The highest BCUT2D eigenvalue weighted by Crippen LogP contribution is 2.22. The SMILES string of the molecule is CCS(=O)(=O)CCCC(O)CC(C)(C)C. The van der Waals surface area contributed by atoms with Crippen LogP contribution in [-0.4, -0.2) is 31.1 Å². The Morgan fingerprint density at radius 2 is 1.80 bits per heavy atom. The van der Waals surface area contributed by atoms with Gasteiger partial charge in [-0.3, -0.25) is 0 Å². The fourth-order valence-electron chi connectivity index (χ4n) is 1.49. The van der Waals surface area contributed by atoms with Gasteiger partial charge in [0, 0.05) is 5.75 Å². The van der Waals surface area contributed by atoms with Crippen LogP contribution in [-0.2, 0) is 9.84 Å². The molecule has 0 aliphatic rings. The van der Waals surface area contributed by atoms with Gasteiger partial charge in [0.05, 0.1) is 11.9 Å². The van der Waals surface area contributed by atoms with Crippen molar-refractivity contribution >= 4 is 9.84 Å². The van der Waals surface area contributed by atoms with Crippen molar-refractivity contribution in [3.05, 3.63) is 0 Å². The summed E-state index contributed by atoms with van der Waals surface area (Å²) in [5.74, 6) is 0.396. The molecule has 15 heavy (non-hydrogen) atoms. The highest BCUT2D eigenvalue weighted by atomic mass is 32.2. The van der Waals surface area contributed by atoms with Gasteiger partial charge in [0.1, 0.15) is 9.84 Å². The fourth-order valence-corrected chi connectivity index (χ4v) is 2.39. The molecule has 1 atom stereocenters. The second-order valence-corrected chi connectivity index (χ2v) is 7.77. The summed E-state index contributed by atoms with van der Waals surface area (Å²) < 4.78 is 22.4. The van der Waals surface area contributed by atoms with E-state index in [0.717, 1.165) is 6.42 Å². The summed E-state index contributed by atoms with van der Waals surface area (Å²) in [7, 11) is -2.87. The molecule has 0 saturated heterocycles. The first-order valence-corrected chi connectivity index (χ1v) is 7.37. The molecule has 0 spiro atoms. The Labute approximate surface area is 93.8 Å². The smallest absolute Gasteiger partial charge is 0.150 e. The Bertz CT molecular complexity index is 262. The lowest BCUT2D eigenvalue weighted by molar-refractivity contribution is 0.112. The quantitative estimate of drug-likeness (QED) is 0.767. The van der Waals surface area contributed by atoms with Crippen LogP contribution in [0.25, 0.3) is 0 Å². The molecular weight excluding hydrogens is 212 g/mol. The van der Waals surface area contributed by atoms with E-state index in [1.165, 1.54) is 0 Å². The molecular formula is C11H24O3S. The minimum atomic E-state index is -2.87. The van der Waals surface area contributed by atoms with Crippen molar-refractivity contribution in [1.82, 2.24) is 0 Å². The Balaban J connectivity index is 3.79. The van der Waals surface area contributed by atoms with E-state index >= 15 is 0 Å². The van der Waals surface area contributed by atoms with E-state index in [-0.39, 0.29) is 23.0 Å². The molecule has 1 unspecified atom stereocenters. The summed E-state index contributed by atoms with van der Waals surface area (Å²) in [6, 6.07) is 0. The van der Waals surface area contributed by atoms with Crippen LogP contribution in [0, 0.1) is 5.41 Å². The molecule has 0 radical (unpaired) electrons. The van der Waals surface area contributed by atoms with Gasteiger partial charge in [-0.1, -0.05) is 27.7 Å². The first-order chi connectivity index (χ1) is 6.66. The predicted octanol–water partition coefficient (Wildman–Crippen LogP) is 2.00. The number of rotatable bonds is 6. The maximum atomic E-state index is 11.2. The molecule has 0 aromatic carbocycles. The molecule has 0 heterocycles. The van der Waals surface area contributed by atoms with Crippen molar-refractivity contribution in [1.29, 1.82) is 0 Å². The largest absolute Gasteiger partial charge is 0.393 e. The van der Waals surface area contributed by atoms with Crippen LogP contribution < -0.4 is 0 Å². The summed E-state index contributed by atoms with van der Waals surface area (Å²) in [5.41, 5.74) is 0.100. The van der Waals surface area contributed by atoms with Gasteiger partial charge in [-0.15, -0.1) is 0 Å². The summed E-state index contributed by atoms with van der Waals surface area (Å²) in [6.07, 6.45) is 1.49. The molecule has 4 heteroatoms. The van der Waals surface area contributed by atoms with E-state index in [1.54, 1.807) is 6.92 Å². The van der Waals surface area contributed by atoms with E-state index in [2.05, 4.69) is 20.8 Å². The third-order valence-corrected chi connectivity index (χ3v) is 4.07. The molecule has 0 saturated carbocycles. The Kier molecular flexibility index (Phi) is 5.81. The minimum absolute atomic E-state index is 0.100. The lowest BCUT2D eigenvalue weighted by atomic mass is 9.88. The monoisotopic (exact) mass is 236 g/mol. The van der Waals surface area contributed by atoms with E-state index in [0.29, 0.717) is 12.8 Å². The van der Waals surface area contributed by atoms with Crippen molar-refractivity contribution in [3.8, 4) is 0 Å². The molecule has 0 aromatic rings. The second-order valence-electron chi connectivity index (χ2n) is 5.30. The second kappa shape index (κ2) is 5.85. The van der Waals surface area contributed by atoms with E-state index < -0.39 is 9.84 Å². The maximum Gasteiger partial charge on any atom is 0.150 e. The first kappa shape index (κ1) is 14.9. The van der Waals surface area contributed by atoms with Gasteiger partial charge < -0.3 is 5.11 Å². The van der Waals surface area contributed by atoms with Crippen LogP contribution in [0.4, 0.5) is 0 Å². The van der Waals surface area contributed by atoms with Crippen molar-refractivity contribution in [2.45, 2.75) is 53.1 Å². The van der Waals surface area contributed by atoms with Crippen LogP contribution in [0.2, 0.25) is 0 Å². The number of hydrogen-bond donors (Lipinski definition) is 1. The zero-order chi connectivity index (χ0) is 12.1. The number of hydrogen-bond acceptors (Lipinski definition) is 3. The van der Waals surface area contributed by atoms with Crippen molar-refractivity contribution in [3.63, 3.8) is 0 Å². The van der Waals surface area contributed by atoms with Gasteiger partial charge in [-0.2, -0.15) is 0 Å². The zero-order valence-corrected chi connectivity index (χ0v) is 11.1. The Morgan fingerprint density at radius 3 is 2.20 bits per heavy atom. The van der Waals surface area contributed by atoms with Crippen molar-refractivity contribution in [2.24, 2.45) is 5.41 Å². The molecule has 3 nitrogen and oxygen atoms in total. The molecule has 92 valence electrons. The zero-order valence-electron chi connectivity index (χ0n) is 10.3. The molecule has 0 rings (SSSR count). The van der Waals surface area contributed by atoms with Crippen LogP contribution in [0.1, 0.15) is 47.0 Å². The molecule has 0 aliphatic carbocycles. The standard InChI is InChI=1S/C11H24O3S/c1-5-15(13,14)8-6-7-10(12)9-11(2,3)4/h10,12H,5-9H2,1-4H3. The molecule has 0 amide bonds. The molecule has 0 bridgehead atoms. The normalized spacial score (nSPS) is 15.3. The minimum Gasteiger partial charge on any atom is -0.393 e. The van der Waals surface area contributed by atoms with Gasteiger partial charge in [0.2, 0.25) is 0 Å². The Hall–Kier alpha value is -0.0900. The molecule has 1 N–H and O–H groups in total. The highest BCUT2D eigenvalue weighted by Gasteiger charge is 2.17.